The number of morpholine rings is 1. The summed E-state index contributed by atoms with van der Waals surface area (Å²) in [5.41, 5.74) is 0.943. The number of hydrogen-bond donors (Lipinski definition) is 1. The number of nitrogens with one attached hydrogen (secondary N) is 1. The highest BCUT2D eigenvalue weighted by atomic mass is 79.9. The number of halogens is 1. The Bertz CT molecular complexity index is 615. The summed E-state index contributed by atoms with van der Waals surface area (Å²) in [7, 11) is 0. The van der Waals surface area contributed by atoms with Crippen molar-refractivity contribution in [2.45, 2.75) is 13.0 Å². The van der Waals surface area contributed by atoms with Crippen LogP contribution in [-0.4, -0.2) is 53.8 Å². The number of nitrogens with zero attached hydrogens (tertiary/aromatic N) is 3. The molecule has 22 heavy (non-hydrogen) atoms. The van der Waals surface area contributed by atoms with Crippen molar-refractivity contribution in [3.05, 3.63) is 28.2 Å². The van der Waals surface area contributed by atoms with Gasteiger partial charge in [-0.2, -0.15) is 0 Å². The van der Waals surface area contributed by atoms with Gasteiger partial charge in [0.25, 0.3) is 0 Å². The second kappa shape index (κ2) is 7.50. The van der Waals surface area contributed by atoms with E-state index in [1.165, 1.54) is 0 Å². The molecule has 0 radical (unpaired) electrons. The van der Waals surface area contributed by atoms with Gasteiger partial charge < -0.3 is 10.1 Å². The van der Waals surface area contributed by atoms with Gasteiger partial charge in [-0.25, -0.2) is 9.97 Å². The topological polar surface area (TPSA) is 50.3 Å². The van der Waals surface area contributed by atoms with Gasteiger partial charge in [0.15, 0.2) is 0 Å². The second-order valence-corrected chi connectivity index (χ2v) is 7.09. The Morgan fingerprint density at radius 2 is 2.23 bits per heavy atom. The maximum atomic E-state index is 5.38. The average molecular weight is 383 g/mol. The van der Waals surface area contributed by atoms with Gasteiger partial charge in [0.1, 0.15) is 0 Å². The minimum Gasteiger partial charge on any atom is -0.379 e. The number of aromatic nitrogens is 2. The van der Waals surface area contributed by atoms with Crippen molar-refractivity contribution in [2.24, 2.45) is 0 Å². The zero-order valence-electron chi connectivity index (χ0n) is 12.5. The van der Waals surface area contributed by atoms with E-state index < -0.39 is 0 Å². The summed E-state index contributed by atoms with van der Waals surface area (Å²) in [5.74, 6) is 0.679. The molecule has 118 valence electrons. The molecular formula is C15H19BrN4OS. The van der Waals surface area contributed by atoms with Crippen molar-refractivity contribution in [2.75, 3.05) is 38.2 Å². The maximum absolute atomic E-state index is 5.38. The van der Waals surface area contributed by atoms with Crippen molar-refractivity contribution in [3.8, 4) is 10.6 Å². The number of thiophene rings is 1. The van der Waals surface area contributed by atoms with Gasteiger partial charge in [-0.3, -0.25) is 4.90 Å². The first-order chi connectivity index (χ1) is 10.7. The van der Waals surface area contributed by atoms with E-state index in [0.29, 0.717) is 12.0 Å². The second-order valence-electron chi connectivity index (χ2n) is 5.32. The molecule has 0 bridgehead atoms. The van der Waals surface area contributed by atoms with Crippen LogP contribution < -0.4 is 5.32 Å². The summed E-state index contributed by atoms with van der Waals surface area (Å²) in [5, 5.41) is 5.45. The van der Waals surface area contributed by atoms with Gasteiger partial charge in [-0.15, -0.1) is 11.3 Å². The largest absolute Gasteiger partial charge is 0.379 e. The molecule has 1 aliphatic heterocycles. The quantitative estimate of drug-likeness (QED) is 0.860. The first-order valence-electron chi connectivity index (χ1n) is 7.35. The molecule has 0 unspecified atom stereocenters. The van der Waals surface area contributed by atoms with E-state index in [4.69, 9.17) is 4.74 Å². The van der Waals surface area contributed by atoms with Crippen molar-refractivity contribution in [1.82, 2.24) is 14.9 Å². The van der Waals surface area contributed by atoms with Crippen molar-refractivity contribution in [1.29, 1.82) is 0 Å². The summed E-state index contributed by atoms with van der Waals surface area (Å²) in [6.45, 7) is 6.77. The van der Waals surface area contributed by atoms with Crippen LogP contribution in [0.3, 0.4) is 0 Å². The van der Waals surface area contributed by atoms with E-state index in [-0.39, 0.29) is 0 Å². The Morgan fingerprint density at radius 1 is 1.41 bits per heavy atom. The Balaban J connectivity index is 1.63. The summed E-state index contributed by atoms with van der Waals surface area (Å²) in [6, 6.07) is 4.27. The minimum atomic E-state index is 0.292. The van der Waals surface area contributed by atoms with Gasteiger partial charge in [0, 0.05) is 36.3 Å². The van der Waals surface area contributed by atoms with Crippen molar-refractivity contribution >= 4 is 33.2 Å². The lowest BCUT2D eigenvalue weighted by molar-refractivity contribution is 0.0368. The van der Waals surface area contributed by atoms with Crippen molar-refractivity contribution in [3.63, 3.8) is 0 Å². The number of anilines is 1. The first kappa shape index (κ1) is 15.9. The lowest BCUT2D eigenvalue weighted by Gasteiger charge is -2.29. The molecule has 1 aliphatic rings. The molecule has 1 saturated heterocycles. The number of rotatable bonds is 5. The van der Waals surface area contributed by atoms with Crippen LogP contribution in [0.2, 0.25) is 0 Å². The minimum absolute atomic E-state index is 0.292. The number of ether oxygens (including phenoxy) is 1. The molecule has 3 rings (SSSR count). The average Bonchev–Trinajstić information content (AvgIpc) is 2.94. The first-order valence-corrected chi connectivity index (χ1v) is 9.02. The van der Waals surface area contributed by atoms with Crippen LogP contribution in [0.5, 0.6) is 0 Å². The Labute approximate surface area is 142 Å². The fourth-order valence-corrected chi connectivity index (χ4v) is 4.01. The van der Waals surface area contributed by atoms with Crippen LogP contribution in [0, 0.1) is 0 Å². The van der Waals surface area contributed by atoms with Gasteiger partial charge in [0.2, 0.25) is 5.95 Å². The molecule has 1 N–H and O–H groups in total. The van der Waals surface area contributed by atoms with E-state index in [1.54, 1.807) is 17.5 Å². The highest BCUT2D eigenvalue weighted by molar-refractivity contribution is 9.10. The van der Waals surface area contributed by atoms with Gasteiger partial charge in [-0.05, 0) is 40.4 Å². The normalized spacial score (nSPS) is 17.4. The SMILES string of the molecule is C[C@@H](CN1CCOCC1)Nc1nccc(-c2sccc2Br)n1. The summed E-state index contributed by atoms with van der Waals surface area (Å²) < 4.78 is 6.45. The standard InChI is InChI=1S/C15H19BrN4OS/c1-11(10-20-5-7-21-8-6-20)18-15-17-4-2-13(19-15)14-12(16)3-9-22-14/h2-4,9,11H,5-8,10H2,1H3,(H,17,18,19)/t11-/m0/s1. The van der Waals surface area contributed by atoms with E-state index in [9.17, 15) is 0 Å². The fraction of sp³-hybridized carbons (Fsp3) is 0.467. The monoisotopic (exact) mass is 382 g/mol. The molecule has 0 aliphatic carbocycles. The zero-order valence-corrected chi connectivity index (χ0v) is 14.9. The van der Waals surface area contributed by atoms with E-state index in [0.717, 1.165) is 47.9 Å². The molecule has 0 amide bonds. The van der Waals surface area contributed by atoms with Crippen molar-refractivity contribution < 1.29 is 4.74 Å². The van der Waals surface area contributed by atoms with Gasteiger partial charge >= 0.3 is 0 Å². The predicted molar refractivity (Wildman–Crippen MR) is 93.4 cm³/mol. The molecule has 0 aromatic carbocycles. The molecule has 3 heterocycles. The van der Waals surface area contributed by atoms with Crippen LogP contribution in [0.25, 0.3) is 10.6 Å². The van der Waals surface area contributed by atoms with Crippen LogP contribution in [0.15, 0.2) is 28.2 Å². The molecule has 7 heteroatoms. The van der Waals surface area contributed by atoms with Crippen LogP contribution in [0.1, 0.15) is 6.92 Å². The highest BCUT2D eigenvalue weighted by Crippen LogP contribution is 2.32. The van der Waals surface area contributed by atoms with Gasteiger partial charge in [0.05, 0.1) is 23.8 Å². The summed E-state index contributed by atoms with van der Waals surface area (Å²) >= 11 is 5.23. The summed E-state index contributed by atoms with van der Waals surface area (Å²) in [4.78, 5) is 12.5. The molecule has 5 nitrogen and oxygen atoms in total. The van der Waals surface area contributed by atoms with E-state index in [2.05, 4.69) is 48.4 Å². The van der Waals surface area contributed by atoms with Gasteiger partial charge in [-0.1, -0.05) is 0 Å². The zero-order chi connectivity index (χ0) is 15.4. The lowest BCUT2D eigenvalue weighted by atomic mass is 10.3. The molecular weight excluding hydrogens is 364 g/mol. The summed E-state index contributed by atoms with van der Waals surface area (Å²) in [6.07, 6.45) is 1.80. The van der Waals surface area contributed by atoms with Crippen LogP contribution >= 0.6 is 27.3 Å². The van der Waals surface area contributed by atoms with Crippen LogP contribution in [-0.2, 0) is 4.74 Å². The van der Waals surface area contributed by atoms with Crippen LogP contribution in [0.4, 0.5) is 5.95 Å². The Kier molecular flexibility index (Phi) is 5.41. The molecule has 0 spiro atoms. The molecule has 2 aromatic heterocycles. The molecule has 1 fully saturated rings. The molecule has 0 saturated carbocycles. The molecule has 2 aromatic rings. The third kappa shape index (κ3) is 4.04. The number of hydrogen-bond acceptors (Lipinski definition) is 6. The fourth-order valence-electron chi connectivity index (χ4n) is 2.47. The maximum Gasteiger partial charge on any atom is 0.223 e. The Hall–Kier alpha value is -1.02. The molecule has 1 atom stereocenters. The highest BCUT2D eigenvalue weighted by Gasteiger charge is 2.15. The predicted octanol–water partition coefficient (Wildman–Crippen LogP) is 3.10. The third-order valence-corrected chi connectivity index (χ3v) is 5.38. The third-order valence-electron chi connectivity index (χ3n) is 3.52. The Morgan fingerprint density at radius 3 is 2.95 bits per heavy atom. The van der Waals surface area contributed by atoms with E-state index in [1.807, 2.05) is 12.1 Å². The smallest absolute Gasteiger partial charge is 0.223 e. The van der Waals surface area contributed by atoms with E-state index >= 15 is 0 Å². The lowest BCUT2D eigenvalue weighted by Crippen LogP contribution is -2.42.